The summed E-state index contributed by atoms with van der Waals surface area (Å²) in [6.45, 7) is 0.241. The minimum atomic E-state index is -0.668. The van der Waals surface area contributed by atoms with E-state index in [2.05, 4.69) is 5.32 Å². The van der Waals surface area contributed by atoms with Crippen molar-refractivity contribution in [2.45, 2.75) is 56.5 Å². The van der Waals surface area contributed by atoms with E-state index < -0.39 is 6.04 Å². The summed E-state index contributed by atoms with van der Waals surface area (Å²) in [4.78, 5) is 29.0. The molecule has 1 saturated carbocycles. The molecule has 1 N–H and O–H groups in total. The molecule has 4 nitrogen and oxygen atoms in total. The van der Waals surface area contributed by atoms with Crippen LogP contribution in [0, 0.1) is 5.82 Å². The number of rotatable bonds is 11. The fourth-order valence-corrected chi connectivity index (χ4v) is 5.72. The second-order valence-corrected chi connectivity index (χ2v) is 10.8. The van der Waals surface area contributed by atoms with E-state index in [1.54, 1.807) is 23.1 Å². The van der Waals surface area contributed by atoms with Gasteiger partial charge in [-0.25, -0.2) is 4.39 Å². The molecule has 1 aliphatic rings. The maximum Gasteiger partial charge on any atom is 0.243 e. The maximum atomic E-state index is 13.7. The third-order valence-corrected chi connectivity index (χ3v) is 8.04. The van der Waals surface area contributed by atoms with Crippen LogP contribution in [0.4, 0.5) is 4.39 Å². The van der Waals surface area contributed by atoms with Crippen molar-refractivity contribution in [3.05, 3.63) is 106 Å². The third-order valence-electron chi connectivity index (χ3n) is 6.68. The molecule has 4 rings (SSSR count). The van der Waals surface area contributed by atoms with Gasteiger partial charge in [0.1, 0.15) is 11.9 Å². The highest BCUT2D eigenvalue weighted by molar-refractivity contribution is 7.99. The van der Waals surface area contributed by atoms with E-state index in [-0.39, 0.29) is 36.0 Å². The molecule has 0 heterocycles. The molecule has 0 radical (unpaired) electrons. The quantitative estimate of drug-likeness (QED) is 0.307. The first-order valence-electron chi connectivity index (χ1n) is 12.7. The first-order chi connectivity index (χ1) is 18.0. The van der Waals surface area contributed by atoms with Crippen LogP contribution in [0.5, 0.6) is 0 Å². The predicted octanol–water partition coefficient (Wildman–Crippen LogP) is 6.41. The van der Waals surface area contributed by atoms with Crippen LogP contribution in [0.3, 0.4) is 0 Å². The van der Waals surface area contributed by atoms with E-state index >= 15 is 0 Å². The molecule has 2 amide bonds. The van der Waals surface area contributed by atoms with Crippen molar-refractivity contribution >= 4 is 35.2 Å². The zero-order valence-corrected chi connectivity index (χ0v) is 22.3. The van der Waals surface area contributed by atoms with Gasteiger partial charge in [0.05, 0.1) is 5.75 Å². The number of halogens is 2. The predicted molar refractivity (Wildman–Crippen MR) is 149 cm³/mol. The number of benzene rings is 3. The van der Waals surface area contributed by atoms with Crippen molar-refractivity contribution in [2.24, 2.45) is 0 Å². The number of nitrogens with zero attached hydrogens (tertiary/aromatic N) is 1. The van der Waals surface area contributed by atoms with Gasteiger partial charge in [0.2, 0.25) is 11.8 Å². The Morgan fingerprint density at radius 3 is 2.32 bits per heavy atom. The largest absolute Gasteiger partial charge is 0.352 e. The first-order valence-corrected chi connectivity index (χ1v) is 14.2. The Hall–Kier alpha value is -2.83. The summed E-state index contributed by atoms with van der Waals surface area (Å²) in [7, 11) is 0. The number of thioether (sulfide) groups is 1. The molecule has 0 spiro atoms. The monoisotopic (exact) mass is 538 g/mol. The molecule has 0 aliphatic heterocycles. The number of hydrogen-bond acceptors (Lipinski definition) is 3. The third kappa shape index (κ3) is 8.08. The molecular weight excluding hydrogens is 507 g/mol. The molecule has 1 fully saturated rings. The first kappa shape index (κ1) is 27.2. The van der Waals surface area contributed by atoms with Crippen molar-refractivity contribution in [1.82, 2.24) is 10.2 Å². The summed E-state index contributed by atoms with van der Waals surface area (Å²) < 4.78 is 13.3. The normalized spacial score (nSPS) is 14.3. The summed E-state index contributed by atoms with van der Waals surface area (Å²) in [6, 6.07) is 23.0. The molecule has 0 aromatic heterocycles. The highest BCUT2D eigenvalue weighted by Crippen LogP contribution is 2.23. The summed E-state index contributed by atoms with van der Waals surface area (Å²) in [5.41, 5.74) is 2.73. The van der Waals surface area contributed by atoms with Gasteiger partial charge in [-0.05, 0) is 47.7 Å². The minimum absolute atomic E-state index is 0.125. The van der Waals surface area contributed by atoms with Gasteiger partial charge in [-0.15, -0.1) is 11.8 Å². The topological polar surface area (TPSA) is 49.4 Å². The van der Waals surface area contributed by atoms with Gasteiger partial charge < -0.3 is 10.2 Å². The Labute approximate surface area is 227 Å². The van der Waals surface area contributed by atoms with Gasteiger partial charge in [-0.1, -0.05) is 85.1 Å². The van der Waals surface area contributed by atoms with E-state index in [0.717, 1.165) is 42.4 Å². The molecule has 3 aromatic rings. The molecule has 37 heavy (non-hydrogen) atoms. The maximum absolute atomic E-state index is 13.7. The number of carbonyl (C=O) groups is 2. The van der Waals surface area contributed by atoms with Crippen LogP contribution in [0.25, 0.3) is 0 Å². The zero-order valence-electron chi connectivity index (χ0n) is 20.7. The van der Waals surface area contributed by atoms with Crippen LogP contribution in [0.1, 0.15) is 42.4 Å². The average Bonchev–Trinajstić information content (AvgIpc) is 3.42. The van der Waals surface area contributed by atoms with Crippen molar-refractivity contribution in [2.75, 3.05) is 5.75 Å². The van der Waals surface area contributed by atoms with Gasteiger partial charge in [0.15, 0.2) is 0 Å². The second-order valence-electron chi connectivity index (χ2n) is 9.43. The second kappa shape index (κ2) is 13.6. The lowest BCUT2D eigenvalue weighted by molar-refractivity contribution is -0.139. The molecule has 3 aromatic carbocycles. The van der Waals surface area contributed by atoms with E-state index in [4.69, 9.17) is 11.6 Å². The summed E-state index contributed by atoms with van der Waals surface area (Å²) >= 11 is 7.93. The van der Waals surface area contributed by atoms with E-state index in [0.29, 0.717) is 17.2 Å². The van der Waals surface area contributed by atoms with Crippen LogP contribution in [0.15, 0.2) is 78.9 Å². The van der Waals surface area contributed by atoms with Crippen molar-refractivity contribution in [1.29, 1.82) is 0 Å². The Balaban J connectivity index is 1.56. The van der Waals surface area contributed by atoms with Gasteiger partial charge in [0, 0.05) is 29.8 Å². The summed E-state index contributed by atoms with van der Waals surface area (Å²) in [5, 5.41) is 3.78. The van der Waals surface area contributed by atoms with Gasteiger partial charge in [-0.2, -0.15) is 0 Å². The van der Waals surface area contributed by atoms with Crippen LogP contribution in [0.2, 0.25) is 5.02 Å². The van der Waals surface area contributed by atoms with Gasteiger partial charge in [0.25, 0.3) is 0 Å². The fraction of sp³-hybridized carbons (Fsp3) is 0.333. The Morgan fingerprint density at radius 1 is 0.946 bits per heavy atom. The van der Waals surface area contributed by atoms with Crippen LogP contribution >= 0.6 is 23.4 Å². The molecule has 1 aliphatic carbocycles. The number of hydrogen-bond donors (Lipinski definition) is 1. The zero-order chi connectivity index (χ0) is 26.0. The van der Waals surface area contributed by atoms with Gasteiger partial charge >= 0.3 is 0 Å². The Morgan fingerprint density at radius 2 is 1.62 bits per heavy atom. The molecular formula is C30H32ClFN2O2S. The molecule has 194 valence electrons. The SMILES string of the molecule is O=C(NC1CCCC1)C(Cc1ccccc1)N(Cc1ccccc1Cl)C(=O)CSCc1ccc(F)cc1. The average molecular weight is 539 g/mol. The molecule has 0 saturated heterocycles. The Bertz CT molecular complexity index is 1170. The van der Waals surface area contributed by atoms with Crippen molar-refractivity contribution in [3.8, 4) is 0 Å². The van der Waals surface area contributed by atoms with E-state index in [1.807, 2.05) is 48.5 Å². The van der Waals surface area contributed by atoms with Crippen molar-refractivity contribution in [3.63, 3.8) is 0 Å². The van der Waals surface area contributed by atoms with Crippen LogP contribution in [-0.2, 0) is 28.3 Å². The molecule has 7 heteroatoms. The van der Waals surface area contributed by atoms with E-state index in [9.17, 15) is 14.0 Å². The fourth-order valence-electron chi connectivity index (χ4n) is 4.65. The highest BCUT2D eigenvalue weighted by atomic mass is 35.5. The van der Waals surface area contributed by atoms with E-state index in [1.165, 1.54) is 23.9 Å². The lowest BCUT2D eigenvalue weighted by Crippen LogP contribution is -2.52. The lowest BCUT2D eigenvalue weighted by Gasteiger charge is -2.32. The van der Waals surface area contributed by atoms with Crippen LogP contribution < -0.4 is 5.32 Å². The summed E-state index contributed by atoms with van der Waals surface area (Å²) in [6.07, 6.45) is 4.57. The number of amides is 2. The van der Waals surface area contributed by atoms with Gasteiger partial charge in [-0.3, -0.25) is 9.59 Å². The Kier molecular flexibility index (Phi) is 10.0. The highest BCUT2D eigenvalue weighted by Gasteiger charge is 2.32. The lowest BCUT2D eigenvalue weighted by atomic mass is 10.0. The van der Waals surface area contributed by atoms with Crippen molar-refractivity contribution < 1.29 is 14.0 Å². The van der Waals surface area contributed by atoms with Crippen LogP contribution in [-0.4, -0.2) is 34.6 Å². The number of nitrogens with one attached hydrogen (secondary N) is 1. The molecule has 1 unspecified atom stereocenters. The standard InChI is InChI=1S/C30H32ClFN2O2S/c31-27-13-7-4-10-24(27)19-34(29(35)21-37-20-23-14-16-25(32)17-15-23)28(18-22-8-2-1-3-9-22)30(36)33-26-11-5-6-12-26/h1-4,7-10,13-17,26,28H,5-6,11-12,18-21H2,(H,33,36). The number of carbonyl (C=O) groups excluding carboxylic acids is 2. The smallest absolute Gasteiger partial charge is 0.243 e. The minimum Gasteiger partial charge on any atom is -0.352 e. The molecule has 1 atom stereocenters. The summed E-state index contributed by atoms with van der Waals surface area (Å²) in [5.74, 6) is 0.231. The molecule has 0 bridgehead atoms.